The van der Waals surface area contributed by atoms with Crippen LogP contribution in [0.2, 0.25) is 0 Å². The second kappa shape index (κ2) is 4.74. The molecule has 2 N–H and O–H groups in total. The van der Waals surface area contributed by atoms with Crippen LogP contribution in [0.3, 0.4) is 0 Å². The van der Waals surface area contributed by atoms with E-state index in [1.165, 1.54) is 19.3 Å². The molecule has 0 radical (unpaired) electrons. The molecule has 0 bridgehead atoms. The minimum Gasteiger partial charge on any atom is -0.351 e. The maximum atomic E-state index is 12.1. The summed E-state index contributed by atoms with van der Waals surface area (Å²) in [7, 11) is 1.82. The van der Waals surface area contributed by atoms with Crippen LogP contribution in [0.1, 0.15) is 53.4 Å². The fourth-order valence-electron chi connectivity index (χ4n) is 2.21. The average Bonchev–Trinajstić information content (AvgIpc) is 2.21. The Balaban J connectivity index is 2.62. The lowest BCUT2D eigenvalue weighted by Gasteiger charge is -2.40. The molecule has 1 unspecified atom stereocenters. The molecule has 0 aromatic heterocycles. The molecule has 0 spiro atoms. The second-order valence-electron chi connectivity index (χ2n) is 6.14. The number of nitrogens with one attached hydrogen (secondary N) is 2. The molecule has 1 amide bonds. The minimum absolute atomic E-state index is 0.106. The molecule has 1 rings (SSSR count). The van der Waals surface area contributed by atoms with Gasteiger partial charge in [-0.1, -0.05) is 26.7 Å². The summed E-state index contributed by atoms with van der Waals surface area (Å²) in [6.07, 6.45) is 4.83. The molecule has 16 heavy (non-hydrogen) atoms. The van der Waals surface area contributed by atoms with E-state index in [1.54, 1.807) is 0 Å². The molecule has 0 heterocycles. The molecule has 1 saturated carbocycles. The molecule has 1 aliphatic carbocycles. The van der Waals surface area contributed by atoms with Crippen LogP contribution in [0.5, 0.6) is 0 Å². The largest absolute Gasteiger partial charge is 0.351 e. The number of carbonyl (C=O) groups is 1. The Kier molecular flexibility index (Phi) is 4.00. The van der Waals surface area contributed by atoms with Crippen molar-refractivity contribution in [1.82, 2.24) is 10.6 Å². The summed E-state index contributed by atoms with van der Waals surface area (Å²) >= 11 is 0. The van der Waals surface area contributed by atoms with E-state index in [1.807, 2.05) is 20.9 Å². The summed E-state index contributed by atoms with van der Waals surface area (Å²) in [6.45, 7) is 8.34. The lowest BCUT2D eigenvalue weighted by atomic mass is 9.73. The van der Waals surface area contributed by atoms with Gasteiger partial charge in [-0.05, 0) is 39.2 Å². The fraction of sp³-hybridized carbons (Fsp3) is 0.923. The average molecular weight is 226 g/mol. The van der Waals surface area contributed by atoms with Gasteiger partial charge in [0.1, 0.15) is 0 Å². The van der Waals surface area contributed by atoms with Crippen LogP contribution < -0.4 is 10.6 Å². The third-order valence-corrected chi connectivity index (χ3v) is 4.01. The predicted molar refractivity (Wildman–Crippen MR) is 67.3 cm³/mol. The van der Waals surface area contributed by atoms with Gasteiger partial charge < -0.3 is 10.6 Å². The van der Waals surface area contributed by atoms with Crippen LogP contribution in [0.15, 0.2) is 0 Å². The molecule has 3 heteroatoms. The maximum Gasteiger partial charge on any atom is 0.239 e. The van der Waals surface area contributed by atoms with Gasteiger partial charge in [-0.15, -0.1) is 0 Å². The zero-order valence-corrected chi connectivity index (χ0v) is 11.3. The monoisotopic (exact) mass is 226 g/mol. The van der Waals surface area contributed by atoms with E-state index in [4.69, 9.17) is 0 Å². The summed E-state index contributed by atoms with van der Waals surface area (Å²) in [5, 5.41) is 6.24. The quantitative estimate of drug-likeness (QED) is 0.773. The second-order valence-corrected chi connectivity index (χ2v) is 6.14. The number of carbonyl (C=O) groups excluding carboxylic acids is 1. The van der Waals surface area contributed by atoms with Crippen LogP contribution >= 0.6 is 0 Å². The predicted octanol–water partition coefficient (Wildman–Crippen LogP) is 2.07. The lowest BCUT2D eigenvalue weighted by molar-refractivity contribution is -0.128. The van der Waals surface area contributed by atoms with E-state index in [0.717, 1.165) is 6.42 Å². The van der Waals surface area contributed by atoms with Crippen LogP contribution in [0.25, 0.3) is 0 Å². The van der Waals surface area contributed by atoms with Gasteiger partial charge in [-0.3, -0.25) is 4.79 Å². The maximum absolute atomic E-state index is 12.1. The van der Waals surface area contributed by atoms with Gasteiger partial charge in [-0.25, -0.2) is 0 Å². The Hall–Kier alpha value is -0.570. The van der Waals surface area contributed by atoms with Gasteiger partial charge >= 0.3 is 0 Å². The highest BCUT2D eigenvalue weighted by Gasteiger charge is 2.36. The Bertz CT molecular complexity index is 259. The summed E-state index contributed by atoms with van der Waals surface area (Å²) in [4.78, 5) is 12.1. The Morgan fingerprint density at radius 3 is 2.44 bits per heavy atom. The Morgan fingerprint density at radius 2 is 1.94 bits per heavy atom. The molecular formula is C13H26N2O. The van der Waals surface area contributed by atoms with Gasteiger partial charge in [-0.2, -0.15) is 0 Å². The van der Waals surface area contributed by atoms with Crippen molar-refractivity contribution in [2.75, 3.05) is 7.05 Å². The van der Waals surface area contributed by atoms with Gasteiger partial charge in [0.15, 0.2) is 0 Å². The van der Waals surface area contributed by atoms with E-state index in [2.05, 4.69) is 24.5 Å². The molecule has 94 valence electrons. The van der Waals surface area contributed by atoms with Crippen molar-refractivity contribution in [3.05, 3.63) is 0 Å². The van der Waals surface area contributed by atoms with Crippen LogP contribution in [0.4, 0.5) is 0 Å². The Morgan fingerprint density at radius 1 is 1.31 bits per heavy atom. The van der Waals surface area contributed by atoms with Crippen molar-refractivity contribution in [3.63, 3.8) is 0 Å². The fourth-order valence-corrected chi connectivity index (χ4v) is 2.21. The van der Waals surface area contributed by atoms with Crippen molar-refractivity contribution in [3.8, 4) is 0 Å². The van der Waals surface area contributed by atoms with E-state index < -0.39 is 5.54 Å². The first-order chi connectivity index (χ1) is 7.29. The van der Waals surface area contributed by atoms with E-state index in [0.29, 0.717) is 6.04 Å². The van der Waals surface area contributed by atoms with Gasteiger partial charge in [0, 0.05) is 6.04 Å². The molecule has 0 saturated heterocycles. The van der Waals surface area contributed by atoms with Gasteiger partial charge in [0.05, 0.1) is 5.54 Å². The first-order valence-electron chi connectivity index (χ1n) is 6.29. The number of hydrogen-bond donors (Lipinski definition) is 2. The third kappa shape index (κ3) is 2.97. The van der Waals surface area contributed by atoms with Crippen LogP contribution in [-0.4, -0.2) is 24.5 Å². The number of likely N-dealkylation sites (N-methyl/N-ethyl adjacent to an activating group) is 1. The van der Waals surface area contributed by atoms with E-state index in [9.17, 15) is 4.79 Å². The standard InChI is InChI=1S/C13H26N2O/c1-12(2)9-7-6-8-10(12)15-11(16)13(3,4)14-5/h10,14H,6-9H2,1-5H3,(H,15,16). The molecule has 0 aliphatic heterocycles. The molecular weight excluding hydrogens is 200 g/mol. The smallest absolute Gasteiger partial charge is 0.239 e. The summed E-state index contributed by atoms with van der Waals surface area (Å²) in [6, 6.07) is 0.321. The van der Waals surface area contributed by atoms with Crippen LogP contribution in [-0.2, 0) is 4.79 Å². The SMILES string of the molecule is CNC(C)(C)C(=O)NC1CCCCC1(C)C. The Labute approximate surface area is 99.4 Å². The minimum atomic E-state index is -0.479. The highest BCUT2D eigenvalue weighted by atomic mass is 16.2. The van der Waals surface area contributed by atoms with Gasteiger partial charge in [0.25, 0.3) is 0 Å². The van der Waals surface area contributed by atoms with E-state index in [-0.39, 0.29) is 11.3 Å². The van der Waals surface area contributed by atoms with Crippen molar-refractivity contribution in [2.24, 2.45) is 5.41 Å². The van der Waals surface area contributed by atoms with Crippen molar-refractivity contribution in [1.29, 1.82) is 0 Å². The van der Waals surface area contributed by atoms with Crippen molar-refractivity contribution < 1.29 is 4.79 Å². The lowest BCUT2D eigenvalue weighted by Crippen LogP contribution is -2.57. The molecule has 0 aromatic carbocycles. The number of rotatable bonds is 3. The first-order valence-corrected chi connectivity index (χ1v) is 6.29. The number of amides is 1. The summed E-state index contributed by atoms with van der Waals surface area (Å²) in [5.74, 6) is 0.106. The zero-order chi connectivity index (χ0) is 12.4. The molecule has 0 aromatic rings. The molecule has 3 nitrogen and oxygen atoms in total. The highest BCUT2D eigenvalue weighted by Crippen LogP contribution is 2.35. The van der Waals surface area contributed by atoms with Crippen molar-refractivity contribution in [2.45, 2.75) is 65.0 Å². The summed E-state index contributed by atoms with van der Waals surface area (Å²) in [5.41, 5.74) is -0.245. The topological polar surface area (TPSA) is 41.1 Å². The molecule has 1 aliphatic rings. The third-order valence-electron chi connectivity index (χ3n) is 4.01. The van der Waals surface area contributed by atoms with Crippen molar-refractivity contribution >= 4 is 5.91 Å². The highest BCUT2D eigenvalue weighted by molar-refractivity contribution is 5.85. The summed E-state index contributed by atoms with van der Waals surface area (Å²) < 4.78 is 0. The zero-order valence-electron chi connectivity index (χ0n) is 11.3. The normalized spacial score (nSPS) is 25.2. The van der Waals surface area contributed by atoms with E-state index >= 15 is 0 Å². The van der Waals surface area contributed by atoms with Gasteiger partial charge in [0.2, 0.25) is 5.91 Å². The molecule has 1 atom stereocenters. The number of hydrogen-bond acceptors (Lipinski definition) is 2. The van der Waals surface area contributed by atoms with Crippen LogP contribution in [0, 0.1) is 5.41 Å². The molecule has 1 fully saturated rings. The first kappa shape index (κ1) is 13.5.